The molecule has 1 aliphatic heterocycles. The summed E-state index contributed by atoms with van der Waals surface area (Å²) in [6, 6.07) is -0.304. The quantitative estimate of drug-likeness (QED) is 0.802. The minimum atomic E-state index is -0.671. The van der Waals surface area contributed by atoms with Crippen molar-refractivity contribution in [2.24, 2.45) is 11.3 Å². The molecule has 0 saturated carbocycles. The van der Waals surface area contributed by atoms with Crippen LogP contribution < -0.4 is 0 Å². The predicted octanol–water partition coefficient (Wildman–Crippen LogP) is 2.61. The van der Waals surface area contributed by atoms with Gasteiger partial charge in [0, 0.05) is 0 Å². The molecule has 0 amide bonds. The lowest BCUT2D eigenvalue weighted by molar-refractivity contribution is -0.146. The molecule has 3 heteroatoms. The van der Waals surface area contributed by atoms with Crippen LogP contribution in [0.3, 0.4) is 0 Å². The first-order valence-corrected chi connectivity index (χ1v) is 6.36. The van der Waals surface area contributed by atoms with E-state index in [-0.39, 0.29) is 12.0 Å². The summed E-state index contributed by atoms with van der Waals surface area (Å²) < 4.78 is 0. The molecule has 1 N–H and O–H groups in total. The van der Waals surface area contributed by atoms with Gasteiger partial charge in [-0.3, -0.25) is 9.69 Å². The lowest BCUT2D eigenvalue weighted by Gasteiger charge is -2.42. The molecule has 0 aromatic rings. The fourth-order valence-electron chi connectivity index (χ4n) is 2.56. The van der Waals surface area contributed by atoms with E-state index < -0.39 is 5.97 Å². The van der Waals surface area contributed by atoms with Crippen LogP contribution in [0.2, 0.25) is 0 Å². The van der Waals surface area contributed by atoms with Crippen LogP contribution in [0.15, 0.2) is 0 Å². The summed E-state index contributed by atoms with van der Waals surface area (Å²) in [5.41, 5.74) is 0.427. The van der Waals surface area contributed by atoms with Gasteiger partial charge in [-0.15, -0.1) is 0 Å². The molecule has 1 heterocycles. The predicted molar refractivity (Wildman–Crippen MR) is 65.5 cm³/mol. The number of carbonyl (C=O) groups is 1. The van der Waals surface area contributed by atoms with E-state index in [2.05, 4.69) is 18.7 Å². The van der Waals surface area contributed by atoms with Crippen LogP contribution in [0.1, 0.15) is 47.0 Å². The normalized spacial score (nSPS) is 23.3. The number of aliphatic carboxylic acids is 1. The first kappa shape index (κ1) is 13.5. The van der Waals surface area contributed by atoms with Crippen molar-refractivity contribution >= 4 is 5.97 Å². The maximum atomic E-state index is 11.2. The van der Waals surface area contributed by atoms with Crippen molar-refractivity contribution in [1.82, 2.24) is 4.90 Å². The molecule has 94 valence electrons. The van der Waals surface area contributed by atoms with Crippen LogP contribution in [0.25, 0.3) is 0 Å². The number of rotatable bonds is 4. The van der Waals surface area contributed by atoms with Gasteiger partial charge in [0.05, 0.1) is 0 Å². The lowest BCUT2D eigenvalue weighted by Crippen LogP contribution is -2.50. The first-order valence-electron chi connectivity index (χ1n) is 6.36. The summed E-state index contributed by atoms with van der Waals surface area (Å²) in [6.45, 7) is 10.4. The number of piperidine rings is 1. The number of hydrogen-bond donors (Lipinski definition) is 1. The van der Waals surface area contributed by atoms with Crippen molar-refractivity contribution in [1.29, 1.82) is 0 Å². The molecule has 0 spiro atoms. The monoisotopic (exact) mass is 227 g/mol. The lowest BCUT2D eigenvalue weighted by atomic mass is 9.77. The molecule has 0 bridgehead atoms. The van der Waals surface area contributed by atoms with Crippen LogP contribution in [0, 0.1) is 11.3 Å². The van der Waals surface area contributed by atoms with E-state index in [1.54, 1.807) is 0 Å². The highest BCUT2D eigenvalue weighted by atomic mass is 16.4. The Labute approximate surface area is 98.8 Å². The highest BCUT2D eigenvalue weighted by Gasteiger charge is 2.35. The third-order valence-corrected chi connectivity index (χ3v) is 4.14. The number of likely N-dealkylation sites (tertiary alicyclic amines) is 1. The van der Waals surface area contributed by atoms with Gasteiger partial charge in [-0.05, 0) is 37.3 Å². The molecule has 1 aliphatic rings. The molecule has 0 radical (unpaired) electrons. The van der Waals surface area contributed by atoms with Gasteiger partial charge in [-0.25, -0.2) is 0 Å². The molecule has 1 unspecified atom stereocenters. The van der Waals surface area contributed by atoms with E-state index in [1.807, 2.05) is 13.8 Å². The third-order valence-electron chi connectivity index (χ3n) is 4.14. The maximum Gasteiger partial charge on any atom is 0.321 e. The molecule has 1 rings (SSSR count). The zero-order chi connectivity index (χ0) is 12.3. The number of hydrogen-bond acceptors (Lipinski definition) is 2. The molecular weight excluding hydrogens is 202 g/mol. The standard InChI is InChI=1S/C13H25NO2/c1-5-13(4)6-8-14(9-7-13)11(10(2)3)12(15)16/h10-11H,5-9H2,1-4H3,(H,15,16). The molecule has 0 aromatic carbocycles. The van der Waals surface area contributed by atoms with Crippen molar-refractivity contribution in [2.45, 2.75) is 53.0 Å². The second-order valence-corrected chi connectivity index (χ2v) is 5.73. The summed E-state index contributed by atoms with van der Waals surface area (Å²) in [4.78, 5) is 13.4. The number of nitrogens with zero attached hydrogens (tertiary/aromatic N) is 1. The number of carboxylic acids is 1. The van der Waals surface area contributed by atoms with Crippen LogP contribution in [0.5, 0.6) is 0 Å². The summed E-state index contributed by atoms with van der Waals surface area (Å²) in [5.74, 6) is -0.487. The second-order valence-electron chi connectivity index (χ2n) is 5.73. The van der Waals surface area contributed by atoms with Crippen LogP contribution >= 0.6 is 0 Å². The Balaban J connectivity index is 2.61. The van der Waals surface area contributed by atoms with Gasteiger partial charge in [0.2, 0.25) is 0 Å². The van der Waals surface area contributed by atoms with Gasteiger partial charge in [0.25, 0.3) is 0 Å². The summed E-state index contributed by atoms with van der Waals surface area (Å²) in [6.07, 6.45) is 3.44. The van der Waals surface area contributed by atoms with Crippen molar-refractivity contribution in [2.75, 3.05) is 13.1 Å². The molecule has 0 aliphatic carbocycles. The number of carboxylic acid groups (broad SMARTS) is 1. The zero-order valence-electron chi connectivity index (χ0n) is 11.0. The third kappa shape index (κ3) is 2.97. The maximum absolute atomic E-state index is 11.2. The Morgan fingerprint density at radius 1 is 1.38 bits per heavy atom. The Hall–Kier alpha value is -0.570. The van der Waals surface area contributed by atoms with Crippen LogP contribution in [-0.4, -0.2) is 35.1 Å². The van der Waals surface area contributed by atoms with Crippen molar-refractivity contribution < 1.29 is 9.90 Å². The van der Waals surface area contributed by atoms with Gasteiger partial charge < -0.3 is 5.11 Å². The smallest absolute Gasteiger partial charge is 0.321 e. The topological polar surface area (TPSA) is 40.5 Å². The van der Waals surface area contributed by atoms with Crippen molar-refractivity contribution in [3.05, 3.63) is 0 Å². The fraction of sp³-hybridized carbons (Fsp3) is 0.923. The van der Waals surface area contributed by atoms with E-state index in [9.17, 15) is 9.90 Å². The zero-order valence-corrected chi connectivity index (χ0v) is 11.0. The molecule has 1 atom stereocenters. The van der Waals surface area contributed by atoms with Crippen LogP contribution in [-0.2, 0) is 4.79 Å². The summed E-state index contributed by atoms with van der Waals surface area (Å²) in [5, 5.41) is 9.24. The first-order chi connectivity index (χ1) is 7.39. The highest BCUT2D eigenvalue weighted by molar-refractivity contribution is 5.73. The van der Waals surface area contributed by atoms with Crippen molar-refractivity contribution in [3.8, 4) is 0 Å². The molecule has 1 fully saturated rings. The van der Waals surface area contributed by atoms with Gasteiger partial charge >= 0.3 is 5.97 Å². The Kier molecular flexibility index (Phi) is 4.36. The second kappa shape index (κ2) is 5.17. The van der Waals surface area contributed by atoms with E-state index in [1.165, 1.54) is 6.42 Å². The fourth-order valence-corrected chi connectivity index (χ4v) is 2.56. The van der Waals surface area contributed by atoms with E-state index in [4.69, 9.17) is 0 Å². The average molecular weight is 227 g/mol. The Morgan fingerprint density at radius 2 is 1.88 bits per heavy atom. The summed E-state index contributed by atoms with van der Waals surface area (Å²) >= 11 is 0. The SMILES string of the molecule is CCC1(C)CCN(C(C(=O)O)C(C)C)CC1. The summed E-state index contributed by atoms with van der Waals surface area (Å²) in [7, 11) is 0. The molecule has 3 nitrogen and oxygen atoms in total. The van der Waals surface area contributed by atoms with Gasteiger partial charge in [-0.2, -0.15) is 0 Å². The van der Waals surface area contributed by atoms with Gasteiger partial charge in [0.1, 0.15) is 6.04 Å². The molecule has 0 aromatic heterocycles. The van der Waals surface area contributed by atoms with E-state index in [0.29, 0.717) is 5.41 Å². The van der Waals surface area contributed by atoms with E-state index in [0.717, 1.165) is 25.9 Å². The van der Waals surface area contributed by atoms with Crippen molar-refractivity contribution in [3.63, 3.8) is 0 Å². The average Bonchev–Trinajstić information content (AvgIpc) is 2.20. The van der Waals surface area contributed by atoms with Gasteiger partial charge in [-0.1, -0.05) is 34.1 Å². The minimum absolute atomic E-state index is 0.184. The van der Waals surface area contributed by atoms with E-state index >= 15 is 0 Å². The Bertz CT molecular complexity index is 242. The molecule has 16 heavy (non-hydrogen) atoms. The van der Waals surface area contributed by atoms with Gasteiger partial charge in [0.15, 0.2) is 0 Å². The molecule has 1 saturated heterocycles. The molecular formula is C13H25NO2. The highest BCUT2D eigenvalue weighted by Crippen LogP contribution is 2.35. The minimum Gasteiger partial charge on any atom is -0.480 e. The Morgan fingerprint density at radius 3 is 2.19 bits per heavy atom. The largest absolute Gasteiger partial charge is 0.480 e. The van der Waals surface area contributed by atoms with Crippen LogP contribution in [0.4, 0.5) is 0 Å².